The predicted octanol–water partition coefficient (Wildman–Crippen LogP) is 3.00. The normalized spacial score (nSPS) is 10.6. The van der Waals surface area contributed by atoms with Crippen LogP contribution in [-0.4, -0.2) is 32.6 Å². The van der Waals surface area contributed by atoms with Crippen LogP contribution in [0.15, 0.2) is 47.5 Å². The summed E-state index contributed by atoms with van der Waals surface area (Å²) in [4.78, 5) is 15.8. The van der Waals surface area contributed by atoms with Gasteiger partial charge in [-0.15, -0.1) is 24.0 Å². The molecule has 0 fully saturated rings. The van der Waals surface area contributed by atoms with Gasteiger partial charge in [-0.1, -0.05) is 12.1 Å². The van der Waals surface area contributed by atoms with Crippen LogP contribution in [0.1, 0.15) is 22.8 Å². The Hall–Kier alpha value is -2.49. The van der Waals surface area contributed by atoms with E-state index in [0.717, 1.165) is 11.3 Å². The number of ether oxygens (including phenoxy) is 2. The van der Waals surface area contributed by atoms with Crippen LogP contribution in [0.5, 0.6) is 11.5 Å². The van der Waals surface area contributed by atoms with Gasteiger partial charge in [0.2, 0.25) is 5.91 Å². The molecule has 2 rings (SSSR count). The minimum Gasteiger partial charge on any atom is -0.493 e. The van der Waals surface area contributed by atoms with Gasteiger partial charge in [-0.3, -0.25) is 4.79 Å². The quantitative estimate of drug-likeness (QED) is 0.319. The zero-order valence-electron chi connectivity index (χ0n) is 15.6. The van der Waals surface area contributed by atoms with Crippen molar-refractivity contribution < 1.29 is 14.3 Å². The number of hydrogen-bond donors (Lipinski definition) is 3. The molecule has 1 amide bonds. The van der Waals surface area contributed by atoms with Crippen LogP contribution < -0.4 is 25.8 Å². The zero-order valence-corrected chi connectivity index (χ0v) is 17.9. The number of amides is 1. The molecule has 0 atom stereocenters. The lowest BCUT2D eigenvalue weighted by Crippen LogP contribution is -2.30. The number of nitrogens with two attached hydrogens (primary N) is 1. The Morgan fingerprint density at radius 3 is 2.48 bits per heavy atom. The second-order valence-electron chi connectivity index (χ2n) is 5.45. The first-order valence-electron chi connectivity index (χ1n) is 8.23. The molecular formula is C19H25IN4O3. The van der Waals surface area contributed by atoms with E-state index in [9.17, 15) is 4.79 Å². The maximum atomic E-state index is 11.3. The number of primary amides is 1. The van der Waals surface area contributed by atoms with E-state index in [2.05, 4.69) is 15.6 Å². The van der Waals surface area contributed by atoms with Crippen LogP contribution in [0.2, 0.25) is 0 Å². The predicted molar refractivity (Wildman–Crippen MR) is 118 cm³/mol. The van der Waals surface area contributed by atoms with Crippen molar-refractivity contribution in [1.29, 1.82) is 0 Å². The molecule has 2 aromatic rings. The second kappa shape index (κ2) is 11.3. The highest BCUT2D eigenvalue weighted by molar-refractivity contribution is 14.0. The Bertz CT molecular complexity index is 796. The van der Waals surface area contributed by atoms with Crippen molar-refractivity contribution >= 4 is 41.5 Å². The van der Waals surface area contributed by atoms with E-state index in [1.807, 2.05) is 31.2 Å². The van der Waals surface area contributed by atoms with Gasteiger partial charge >= 0.3 is 0 Å². The van der Waals surface area contributed by atoms with Crippen molar-refractivity contribution in [2.45, 2.75) is 13.5 Å². The summed E-state index contributed by atoms with van der Waals surface area (Å²) in [5.41, 5.74) is 7.49. The molecule has 0 bridgehead atoms. The molecule has 2 aromatic carbocycles. The molecule has 146 valence electrons. The van der Waals surface area contributed by atoms with Crippen molar-refractivity contribution in [3.63, 3.8) is 0 Å². The highest BCUT2D eigenvalue weighted by Crippen LogP contribution is 2.29. The number of aliphatic imine (C=N–C) groups is 1. The standard InChI is InChI=1S/C19H24N4O3.HI/c1-4-21-19(22-12-13-6-5-7-14(10-13)18(20)24)23-15-8-9-16(25-2)17(11-15)26-3;/h5-11H,4,12H2,1-3H3,(H2,20,24)(H2,21,22,23);1H. The molecule has 0 radical (unpaired) electrons. The van der Waals surface area contributed by atoms with Gasteiger partial charge < -0.3 is 25.8 Å². The third-order valence-corrected chi connectivity index (χ3v) is 3.62. The molecule has 0 saturated heterocycles. The third kappa shape index (κ3) is 6.63. The molecule has 0 aliphatic heterocycles. The molecule has 0 aliphatic rings. The van der Waals surface area contributed by atoms with Crippen molar-refractivity contribution in [3.8, 4) is 11.5 Å². The zero-order chi connectivity index (χ0) is 18.9. The van der Waals surface area contributed by atoms with Crippen LogP contribution >= 0.6 is 24.0 Å². The fourth-order valence-electron chi connectivity index (χ4n) is 2.35. The Balaban J connectivity index is 0.00000364. The number of nitrogens with zero attached hydrogens (tertiary/aromatic N) is 1. The van der Waals surface area contributed by atoms with E-state index in [-0.39, 0.29) is 24.0 Å². The molecule has 0 aromatic heterocycles. The number of methoxy groups -OCH3 is 2. The summed E-state index contributed by atoms with van der Waals surface area (Å²) in [5, 5.41) is 6.41. The van der Waals surface area contributed by atoms with Gasteiger partial charge in [-0.05, 0) is 36.8 Å². The average Bonchev–Trinajstić information content (AvgIpc) is 2.66. The fourth-order valence-corrected chi connectivity index (χ4v) is 2.35. The highest BCUT2D eigenvalue weighted by Gasteiger charge is 2.07. The molecular weight excluding hydrogens is 459 g/mol. The van der Waals surface area contributed by atoms with Crippen LogP contribution in [-0.2, 0) is 6.54 Å². The molecule has 0 aliphatic carbocycles. The average molecular weight is 484 g/mol. The first-order chi connectivity index (χ1) is 12.6. The fraction of sp³-hybridized carbons (Fsp3) is 0.263. The van der Waals surface area contributed by atoms with Gasteiger partial charge in [-0.25, -0.2) is 4.99 Å². The number of anilines is 1. The van der Waals surface area contributed by atoms with Crippen molar-refractivity contribution in [2.24, 2.45) is 10.7 Å². The SMILES string of the molecule is CCNC(=NCc1cccc(C(N)=O)c1)Nc1ccc(OC)c(OC)c1.I. The molecule has 7 nitrogen and oxygen atoms in total. The summed E-state index contributed by atoms with van der Waals surface area (Å²) in [5.74, 6) is 1.45. The Morgan fingerprint density at radius 1 is 1.11 bits per heavy atom. The van der Waals surface area contributed by atoms with Gasteiger partial charge in [0.25, 0.3) is 0 Å². The van der Waals surface area contributed by atoms with Crippen LogP contribution in [0, 0.1) is 0 Å². The van der Waals surface area contributed by atoms with E-state index in [1.54, 1.807) is 32.4 Å². The number of benzene rings is 2. The number of rotatable bonds is 7. The maximum Gasteiger partial charge on any atom is 0.248 e. The lowest BCUT2D eigenvalue weighted by atomic mass is 10.1. The monoisotopic (exact) mass is 484 g/mol. The summed E-state index contributed by atoms with van der Waals surface area (Å²) < 4.78 is 10.6. The smallest absolute Gasteiger partial charge is 0.248 e. The van der Waals surface area contributed by atoms with E-state index in [4.69, 9.17) is 15.2 Å². The largest absolute Gasteiger partial charge is 0.493 e. The summed E-state index contributed by atoms with van der Waals surface area (Å²) in [6.07, 6.45) is 0. The molecule has 0 unspecified atom stereocenters. The van der Waals surface area contributed by atoms with Gasteiger partial charge in [0.15, 0.2) is 17.5 Å². The van der Waals surface area contributed by atoms with E-state index in [1.165, 1.54) is 0 Å². The summed E-state index contributed by atoms with van der Waals surface area (Å²) in [6.45, 7) is 3.10. The highest BCUT2D eigenvalue weighted by atomic mass is 127. The summed E-state index contributed by atoms with van der Waals surface area (Å²) >= 11 is 0. The molecule has 4 N–H and O–H groups in total. The molecule has 0 saturated carbocycles. The van der Waals surface area contributed by atoms with Crippen molar-refractivity contribution in [3.05, 3.63) is 53.6 Å². The molecule has 0 spiro atoms. The minimum absolute atomic E-state index is 0. The molecule has 8 heteroatoms. The first kappa shape index (κ1) is 22.6. The van der Waals surface area contributed by atoms with E-state index < -0.39 is 5.91 Å². The molecule has 0 heterocycles. The summed E-state index contributed by atoms with van der Waals surface area (Å²) in [7, 11) is 3.18. The van der Waals surface area contributed by atoms with E-state index in [0.29, 0.717) is 36.1 Å². The minimum atomic E-state index is -0.453. The van der Waals surface area contributed by atoms with Gasteiger partial charge in [-0.2, -0.15) is 0 Å². The van der Waals surface area contributed by atoms with Crippen LogP contribution in [0.4, 0.5) is 5.69 Å². The van der Waals surface area contributed by atoms with Crippen molar-refractivity contribution in [1.82, 2.24) is 5.32 Å². The lowest BCUT2D eigenvalue weighted by Gasteiger charge is -2.14. The number of guanidine groups is 1. The Morgan fingerprint density at radius 2 is 1.85 bits per heavy atom. The maximum absolute atomic E-state index is 11.3. The number of hydrogen-bond acceptors (Lipinski definition) is 4. The van der Waals surface area contributed by atoms with Gasteiger partial charge in [0.05, 0.1) is 20.8 Å². The Kier molecular flexibility index (Phi) is 9.41. The summed E-state index contributed by atoms with van der Waals surface area (Å²) in [6, 6.07) is 12.6. The van der Waals surface area contributed by atoms with Gasteiger partial charge in [0, 0.05) is 23.9 Å². The number of carbonyl (C=O) groups is 1. The number of halogens is 1. The topological polar surface area (TPSA) is 98.0 Å². The van der Waals surface area contributed by atoms with Crippen LogP contribution in [0.25, 0.3) is 0 Å². The lowest BCUT2D eigenvalue weighted by molar-refractivity contribution is 0.1000. The first-order valence-corrected chi connectivity index (χ1v) is 8.23. The van der Waals surface area contributed by atoms with Gasteiger partial charge in [0.1, 0.15) is 0 Å². The van der Waals surface area contributed by atoms with Crippen molar-refractivity contribution in [2.75, 3.05) is 26.1 Å². The third-order valence-electron chi connectivity index (χ3n) is 3.62. The van der Waals surface area contributed by atoms with Crippen LogP contribution in [0.3, 0.4) is 0 Å². The number of nitrogens with one attached hydrogen (secondary N) is 2. The molecule has 27 heavy (non-hydrogen) atoms. The Labute approximate surface area is 176 Å². The number of carbonyl (C=O) groups excluding carboxylic acids is 1. The van der Waals surface area contributed by atoms with E-state index >= 15 is 0 Å². The second-order valence-corrected chi connectivity index (χ2v) is 5.45.